The van der Waals surface area contributed by atoms with Crippen LogP contribution in [0.2, 0.25) is 0 Å². The molecule has 1 amide bonds. The molecule has 7 nitrogen and oxygen atoms in total. The van der Waals surface area contributed by atoms with Gasteiger partial charge in [-0.15, -0.1) is 0 Å². The lowest BCUT2D eigenvalue weighted by Crippen LogP contribution is -2.52. The van der Waals surface area contributed by atoms with Crippen molar-refractivity contribution in [3.8, 4) is 22.4 Å². The van der Waals surface area contributed by atoms with Crippen LogP contribution in [0.25, 0.3) is 33.4 Å². The molecule has 0 bridgehead atoms. The van der Waals surface area contributed by atoms with Crippen molar-refractivity contribution in [2.45, 2.75) is 51.2 Å². The lowest BCUT2D eigenvalue weighted by atomic mass is 9.71. The molecule has 0 radical (unpaired) electrons. The molecule has 1 fully saturated rings. The van der Waals surface area contributed by atoms with E-state index in [0.29, 0.717) is 11.5 Å². The maximum atomic E-state index is 12.5. The molecule has 2 heterocycles. The topological polar surface area (TPSA) is 103 Å². The van der Waals surface area contributed by atoms with Crippen LogP contribution in [0.15, 0.2) is 67.0 Å². The number of benzene rings is 2. The fraction of sp³-hybridized carbons (Fsp3) is 0.286. The summed E-state index contributed by atoms with van der Waals surface area (Å²) in [6.45, 7) is 5.61. The third-order valence-electron chi connectivity index (χ3n) is 6.40. The van der Waals surface area contributed by atoms with Gasteiger partial charge < -0.3 is 15.8 Å². The van der Waals surface area contributed by atoms with Crippen LogP contribution in [0.1, 0.15) is 45.6 Å². The van der Waals surface area contributed by atoms with Crippen LogP contribution in [0, 0.1) is 0 Å². The summed E-state index contributed by atoms with van der Waals surface area (Å²) in [4.78, 5) is 25.9. The number of alkyl carbamates (subject to hydrolysis) is 1. The number of carbonyl (C=O) groups is 1. The summed E-state index contributed by atoms with van der Waals surface area (Å²) < 4.78 is 5.52. The zero-order valence-corrected chi connectivity index (χ0v) is 20.2. The number of carbonyl (C=O) groups excluding carboxylic acids is 1. The number of rotatable bonds is 4. The Hall–Kier alpha value is -4.00. The van der Waals surface area contributed by atoms with E-state index in [1.165, 1.54) is 6.33 Å². The van der Waals surface area contributed by atoms with Crippen LogP contribution >= 0.6 is 0 Å². The van der Waals surface area contributed by atoms with Crippen LogP contribution in [0.3, 0.4) is 0 Å². The second-order valence-corrected chi connectivity index (χ2v) is 10.0. The number of ether oxygens (including phenoxy) is 1. The molecule has 7 heteroatoms. The van der Waals surface area contributed by atoms with Crippen molar-refractivity contribution in [1.82, 2.24) is 20.3 Å². The maximum absolute atomic E-state index is 12.5. The second-order valence-electron chi connectivity index (χ2n) is 10.0. The summed E-state index contributed by atoms with van der Waals surface area (Å²) in [6.07, 6.45) is 3.86. The van der Waals surface area contributed by atoms with Crippen LogP contribution < -0.4 is 11.1 Å². The number of anilines is 1. The number of pyridine rings is 1. The Morgan fingerprint density at radius 3 is 2.34 bits per heavy atom. The van der Waals surface area contributed by atoms with Crippen LogP contribution in [0.4, 0.5) is 10.6 Å². The Morgan fingerprint density at radius 1 is 1.00 bits per heavy atom. The van der Waals surface area contributed by atoms with Crippen molar-refractivity contribution in [1.29, 1.82) is 0 Å². The predicted molar refractivity (Wildman–Crippen MR) is 138 cm³/mol. The Morgan fingerprint density at radius 2 is 1.71 bits per heavy atom. The van der Waals surface area contributed by atoms with E-state index in [1.54, 1.807) is 0 Å². The molecule has 3 N–H and O–H groups in total. The minimum absolute atomic E-state index is 0.388. The van der Waals surface area contributed by atoms with E-state index in [9.17, 15) is 4.79 Å². The van der Waals surface area contributed by atoms with Gasteiger partial charge in [0, 0.05) is 11.1 Å². The van der Waals surface area contributed by atoms with Gasteiger partial charge in [-0.1, -0.05) is 54.6 Å². The van der Waals surface area contributed by atoms with E-state index in [4.69, 9.17) is 15.5 Å². The lowest BCUT2D eigenvalue weighted by molar-refractivity contribution is 0.0377. The molecule has 1 aliphatic carbocycles. The molecular formula is C28H29N5O2. The van der Waals surface area contributed by atoms with E-state index < -0.39 is 11.1 Å². The van der Waals surface area contributed by atoms with Crippen molar-refractivity contribution < 1.29 is 9.53 Å². The Kier molecular flexibility index (Phi) is 5.63. The molecular weight excluding hydrogens is 438 g/mol. The number of fused-ring (bicyclic) bond motifs is 1. The van der Waals surface area contributed by atoms with Crippen molar-refractivity contribution >= 4 is 22.9 Å². The Bertz CT molecular complexity index is 1370. The number of nitrogens with two attached hydrogens (primary N) is 1. The summed E-state index contributed by atoms with van der Waals surface area (Å²) in [5.74, 6) is 0.404. The van der Waals surface area contributed by atoms with Gasteiger partial charge in [-0.05, 0) is 57.2 Å². The predicted octanol–water partition coefficient (Wildman–Crippen LogP) is 5.84. The highest BCUT2D eigenvalue weighted by atomic mass is 16.6. The first-order valence-corrected chi connectivity index (χ1v) is 11.8. The van der Waals surface area contributed by atoms with Crippen LogP contribution in [-0.4, -0.2) is 26.6 Å². The number of aromatic nitrogens is 3. The van der Waals surface area contributed by atoms with E-state index in [0.717, 1.165) is 52.6 Å². The fourth-order valence-corrected chi connectivity index (χ4v) is 4.53. The van der Waals surface area contributed by atoms with E-state index in [2.05, 4.69) is 51.7 Å². The van der Waals surface area contributed by atoms with Gasteiger partial charge in [0.2, 0.25) is 0 Å². The van der Waals surface area contributed by atoms with E-state index in [-0.39, 0.29) is 6.09 Å². The standard InChI is InChI=1S/C28H29N5O2/c1-27(2,3)35-26(34)33-28(14-7-15-28)20-12-10-19(11-13-20)23-21(18-8-5-4-6-9-18)16-22-24(29)30-17-31-25(22)32-23/h4-6,8-13,16-17H,7,14-15H2,1-3H3,(H,33,34)(H2,29,30,31,32). The molecule has 4 aromatic rings. The second kappa shape index (κ2) is 8.65. The highest BCUT2D eigenvalue weighted by Gasteiger charge is 2.41. The Balaban J connectivity index is 1.53. The zero-order chi connectivity index (χ0) is 24.6. The average molecular weight is 468 g/mol. The molecule has 0 aliphatic heterocycles. The van der Waals surface area contributed by atoms with E-state index in [1.807, 2.05) is 45.0 Å². The number of nitrogens with one attached hydrogen (secondary N) is 1. The third kappa shape index (κ3) is 4.54. The summed E-state index contributed by atoms with van der Waals surface area (Å²) in [7, 11) is 0. The number of hydrogen-bond acceptors (Lipinski definition) is 6. The highest BCUT2D eigenvalue weighted by Crippen LogP contribution is 2.42. The summed E-state index contributed by atoms with van der Waals surface area (Å²) in [5.41, 5.74) is 10.6. The summed E-state index contributed by atoms with van der Waals surface area (Å²) in [6, 6.07) is 20.3. The number of amides is 1. The van der Waals surface area contributed by atoms with Gasteiger partial charge in [0.05, 0.1) is 16.6 Å². The molecule has 178 valence electrons. The molecule has 1 saturated carbocycles. The largest absolute Gasteiger partial charge is 0.444 e. The molecule has 1 aliphatic rings. The Labute approximate surface area is 204 Å². The number of nitrogen functional groups attached to an aromatic ring is 1. The van der Waals surface area contributed by atoms with E-state index >= 15 is 0 Å². The van der Waals surface area contributed by atoms with Crippen LogP contribution in [0.5, 0.6) is 0 Å². The summed E-state index contributed by atoms with van der Waals surface area (Å²) >= 11 is 0. The SMILES string of the molecule is CC(C)(C)OC(=O)NC1(c2ccc(-c3nc4ncnc(N)c4cc3-c3ccccc3)cc2)CCC1. The first-order chi connectivity index (χ1) is 16.7. The number of nitrogens with zero attached hydrogens (tertiary/aromatic N) is 3. The van der Waals surface area contributed by atoms with Gasteiger partial charge in [0.15, 0.2) is 5.65 Å². The zero-order valence-electron chi connectivity index (χ0n) is 20.2. The molecule has 2 aromatic carbocycles. The quantitative estimate of drug-likeness (QED) is 0.390. The molecule has 5 rings (SSSR count). The van der Waals surface area contributed by atoms with Crippen molar-refractivity contribution in [3.05, 3.63) is 72.6 Å². The molecule has 0 atom stereocenters. The first-order valence-electron chi connectivity index (χ1n) is 11.8. The third-order valence-corrected chi connectivity index (χ3v) is 6.40. The van der Waals surface area contributed by atoms with Gasteiger partial charge in [-0.2, -0.15) is 0 Å². The van der Waals surface area contributed by atoms with Gasteiger partial charge in [-0.3, -0.25) is 0 Å². The smallest absolute Gasteiger partial charge is 0.408 e. The normalized spacial score (nSPS) is 14.8. The minimum Gasteiger partial charge on any atom is -0.444 e. The average Bonchev–Trinajstić information content (AvgIpc) is 2.81. The summed E-state index contributed by atoms with van der Waals surface area (Å²) in [5, 5.41) is 3.85. The highest BCUT2D eigenvalue weighted by molar-refractivity contribution is 5.94. The van der Waals surface area contributed by atoms with Crippen LogP contribution in [-0.2, 0) is 10.3 Å². The first kappa shape index (κ1) is 22.8. The van der Waals surface area contributed by atoms with Crippen molar-refractivity contribution in [2.75, 3.05) is 5.73 Å². The van der Waals surface area contributed by atoms with Gasteiger partial charge in [0.25, 0.3) is 0 Å². The fourth-order valence-electron chi connectivity index (χ4n) is 4.53. The molecule has 0 spiro atoms. The minimum atomic E-state index is -0.540. The van der Waals surface area contributed by atoms with Crippen molar-refractivity contribution in [2.24, 2.45) is 0 Å². The lowest BCUT2D eigenvalue weighted by Gasteiger charge is -2.43. The molecule has 0 unspecified atom stereocenters. The molecule has 0 saturated heterocycles. The van der Waals surface area contributed by atoms with Gasteiger partial charge >= 0.3 is 6.09 Å². The van der Waals surface area contributed by atoms with Gasteiger partial charge in [0.1, 0.15) is 17.7 Å². The van der Waals surface area contributed by atoms with Gasteiger partial charge in [-0.25, -0.2) is 19.7 Å². The van der Waals surface area contributed by atoms with Crippen molar-refractivity contribution in [3.63, 3.8) is 0 Å². The molecule has 35 heavy (non-hydrogen) atoms. The molecule has 2 aromatic heterocycles. The monoisotopic (exact) mass is 467 g/mol. The number of hydrogen-bond donors (Lipinski definition) is 2. The maximum Gasteiger partial charge on any atom is 0.408 e.